The Hall–Kier alpha value is -1.84. The van der Waals surface area contributed by atoms with Crippen molar-refractivity contribution in [2.45, 2.75) is 12.5 Å². The maximum absolute atomic E-state index is 10.2. The SMILES string of the molecule is N[C@@H](CO)c1cccc(Cc2ccccc2)c1O. The number of phenolic OH excluding ortho intramolecular Hbond substituents is 1. The molecule has 0 unspecified atom stereocenters. The Bertz CT molecular complexity index is 511. The number of aliphatic hydroxyl groups is 1. The lowest BCUT2D eigenvalue weighted by atomic mass is 9.98. The average Bonchev–Trinajstić information content (AvgIpc) is 2.41. The highest BCUT2D eigenvalue weighted by Gasteiger charge is 2.12. The lowest BCUT2D eigenvalue weighted by Crippen LogP contribution is -2.15. The zero-order valence-corrected chi connectivity index (χ0v) is 10.1. The van der Waals surface area contributed by atoms with Gasteiger partial charge in [-0.2, -0.15) is 0 Å². The summed E-state index contributed by atoms with van der Waals surface area (Å²) in [4.78, 5) is 0. The lowest BCUT2D eigenvalue weighted by molar-refractivity contribution is 0.265. The summed E-state index contributed by atoms with van der Waals surface area (Å²) in [5.74, 6) is 0.183. The van der Waals surface area contributed by atoms with Gasteiger partial charge in [0.1, 0.15) is 5.75 Å². The Morgan fingerprint density at radius 3 is 2.39 bits per heavy atom. The normalized spacial score (nSPS) is 12.3. The first kappa shape index (κ1) is 12.6. The number of aliphatic hydroxyl groups excluding tert-OH is 1. The quantitative estimate of drug-likeness (QED) is 0.769. The van der Waals surface area contributed by atoms with Crippen LogP contribution >= 0.6 is 0 Å². The van der Waals surface area contributed by atoms with Gasteiger partial charge in [-0.25, -0.2) is 0 Å². The standard InChI is InChI=1S/C15H17NO2/c16-14(10-17)13-8-4-7-12(15(13)18)9-11-5-2-1-3-6-11/h1-8,14,17-18H,9-10,16H2/t14-/m0/s1. The highest BCUT2D eigenvalue weighted by atomic mass is 16.3. The topological polar surface area (TPSA) is 66.5 Å². The molecule has 3 heteroatoms. The summed E-state index contributed by atoms with van der Waals surface area (Å²) in [6.07, 6.45) is 0.651. The van der Waals surface area contributed by atoms with Crippen molar-refractivity contribution in [3.8, 4) is 5.75 Å². The van der Waals surface area contributed by atoms with Crippen molar-refractivity contribution >= 4 is 0 Å². The molecule has 0 saturated heterocycles. The molecule has 2 aromatic rings. The van der Waals surface area contributed by atoms with Crippen LogP contribution in [-0.4, -0.2) is 16.8 Å². The Morgan fingerprint density at radius 1 is 1.00 bits per heavy atom. The van der Waals surface area contributed by atoms with Gasteiger partial charge in [-0.05, 0) is 11.1 Å². The van der Waals surface area contributed by atoms with E-state index < -0.39 is 6.04 Å². The number of phenols is 1. The Kier molecular flexibility index (Phi) is 3.97. The molecule has 0 aliphatic carbocycles. The fourth-order valence-corrected chi connectivity index (χ4v) is 1.97. The Labute approximate surface area is 107 Å². The molecule has 94 valence electrons. The molecule has 0 aliphatic heterocycles. The van der Waals surface area contributed by atoms with Gasteiger partial charge in [-0.1, -0.05) is 48.5 Å². The second-order valence-electron chi connectivity index (χ2n) is 4.31. The van der Waals surface area contributed by atoms with Gasteiger partial charge in [0.2, 0.25) is 0 Å². The molecule has 2 aromatic carbocycles. The van der Waals surface area contributed by atoms with E-state index >= 15 is 0 Å². The first-order valence-corrected chi connectivity index (χ1v) is 5.93. The summed E-state index contributed by atoms with van der Waals surface area (Å²) >= 11 is 0. The van der Waals surface area contributed by atoms with Crippen LogP contribution in [0.5, 0.6) is 5.75 Å². The van der Waals surface area contributed by atoms with E-state index in [0.717, 1.165) is 11.1 Å². The summed E-state index contributed by atoms with van der Waals surface area (Å²) in [6, 6.07) is 14.8. The summed E-state index contributed by atoms with van der Waals surface area (Å²) in [6.45, 7) is -0.178. The molecule has 1 atom stereocenters. The molecular formula is C15H17NO2. The number of benzene rings is 2. The number of nitrogens with two attached hydrogens (primary N) is 1. The van der Waals surface area contributed by atoms with E-state index in [0.29, 0.717) is 12.0 Å². The average molecular weight is 243 g/mol. The van der Waals surface area contributed by atoms with Gasteiger partial charge < -0.3 is 15.9 Å². The highest BCUT2D eigenvalue weighted by molar-refractivity contribution is 5.44. The van der Waals surface area contributed by atoms with Crippen molar-refractivity contribution in [1.82, 2.24) is 0 Å². The molecule has 3 nitrogen and oxygen atoms in total. The zero-order chi connectivity index (χ0) is 13.0. The largest absolute Gasteiger partial charge is 0.507 e. The van der Waals surface area contributed by atoms with Crippen molar-refractivity contribution in [2.24, 2.45) is 5.73 Å². The van der Waals surface area contributed by atoms with Gasteiger partial charge >= 0.3 is 0 Å². The molecule has 18 heavy (non-hydrogen) atoms. The van der Waals surface area contributed by atoms with Gasteiger partial charge in [-0.15, -0.1) is 0 Å². The molecule has 0 saturated carbocycles. The molecule has 0 fully saturated rings. The van der Waals surface area contributed by atoms with Crippen LogP contribution in [0.1, 0.15) is 22.7 Å². The van der Waals surface area contributed by atoms with Crippen LogP contribution in [-0.2, 0) is 6.42 Å². The second-order valence-corrected chi connectivity index (χ2v) is 4.31. The van der Waals surface area contributed by atoms with E-state index in [1.54, 1.807) is 6.07 Å². The first-order valence-electron chi connectivity index (χ1n) is 5.93. The van der Waals surface area contributed by atoms with Crippen molar-refractivity contribution in [2.75, 3.05) is 6.61 Å². The van der Waals surface area contributed by atoms with Crippen molar-refractivity contribution < 1.29 is 10.2 Å². The molecule has 0 heterocycles. The third kappa shape index (κ3) is 2.70. The predicted molar refractivity (Wildman–Crippen MR) is 71.4 cm³/mol. The maximum atomic E-state index is 10.2. The summed E-state index contributed by atoms with van der Waals surface area (Å²) in [5, 5.41) is 19.2. The van der Waals surface area contributed by atoms with Gasteiger partial charge in [0.15, 0.2) is 0 Å². The van der Waals surface area contributed by atoms with Crippen LogP contribution in [0.2, 0.25) is 0 Å². The monoisotopic (exact) mass is 243 g/mol. The van der Waals surface area contributed by atoms with Gasteiger partial charge in [0, 0.05) is 12.0 Å². The summed E-state index contributed by atoms with van der Waals surface area (Å²) in [7, 11) is 0. The number of rotatable bonds is 4. The van der Waals surface area contributed by atoms with Crippen LogP contribution in [0.4, 0.5) is 0 Å². The molecule has 0 aromatic heterocycles. The second kappa shape index (κ2) is 5.67. The number of hydrogen-bond acceptors (Lipinski definition) is 3. The van der Waals surface area contributed by atoms with Crippen LogP contribution in [0.15, 0.2) is 48.5 Å². The van der Waals surface area contributed by atoms with E-state index in [2.05, 4.69) is 0 Å². The van der Waals surface area contributed by atoms with Crippen LogP contribution in [0.3, 0.4) is 0 Å². The van der Waals surface area contributed by atoms with Crippen molar-refractivity contribution in [1.29, 1.82) is 0 Å². The van der Waals surface area contributed by atoms with E-state index in [-0.39, 0.29) is 12.4 Å². The third-order valence-corrected chi connectivity index (χ3v) is 2.98. The smallest absolute Gasteiger partial charge is 0.123 e. The van der Waals surface area contributed by atoms with Gasteiger partial charge in [-0.3, -0.25) is 0 Å². The first-order chi connectivity index (χ1) is 8.72. The molecule has 0 amide bonds. The fourth-order valence-electron chi connectivity index (χ4n) is 1.97. The highest BCUT2D eigenvalue weighted by Crippen LogP contribution is 2.28. The van der Waals surface area contributed by atoms with Gasteiger partial charge in [0.05, 0.1) is 12.6 Å². The number of para-hydroxylation sites is 1. The zero-order valence-electron chi connectivity index (χ0n) is 10.1. The van der Waals surface area contributed by atoms with Crippen LogP contribution < -0.4 is 5.73 Å². The van der Waals surface area contributed by atoms with Crippen molar-refractivity contribution in [3.05, 3.63) is 65.2 Å². The Morgan fingerprint density at radius 2 is 1.72 bits per heavy atom. The molecule has 0 bridgehead atoms. The minimum atomic E-state index is -0.541. The maximum Gasteiger partial charge on any atom is 0.123 e. The molecule has 4 N–H and O–H groups in total. The third-order valence-electron chi connectivity index (χ3n) is 2.98. The van der Waals surface area contributed by atoms with E-state index in [9.17, 15) is 5.11 Å². The van der Waals surface area contributed by atoms with Crippen LogP contribution in [0, 0.1) is 0 Å². The molecular weight excluding hydrogens is 226 g/mol. The predicted octanol–water partition coefficient (Wildman–Crippen LogP) is 1.98. The minimum absolute atomic E-state index is 0.178. The number of hydrogen-bond donors (Lipinski definition) is 3. The fraction of sp³-hybridized carbons (Fsp3) is 0.200. The van der Waals surface area contributed by atoms with Crippen molar-refractivity contribution in [3.63, 3.8) is 0 Å². The molecule has 0 aliphatic rings. The van der Waals surface area contributed by atoms with E-state index in [1.807, 2.05) is 42.5 Å². The Balaban J connectivity index is 2.29. The lowest BCUT2D eigenvalue weighted by Gasteiger charge is -2.14. The number of aromatic hydroxyl groups is 1. The summed E-state index contributed by atoms with van der Waals surface area (Å²) in [5.41, 5.74) is 8.29. The summed E-state index contributed by atoms with van der Waals surface area (Å²) < 4.78 is 0. The molecule has 2 rings (SSSR count). The molecule has 0 radical (unpaired) electrons. The van der Waals surface area contributed by atoms with Crippen LogP contribution in [0.25, 0.3) is 0 Å². The minimum Gasteiger partial charge on any atom is -0.507 e. The van der Waals surface area contributed by atoms with E-state index in [1.165, 1.54) is 0 Å². The van der Waals surface area contributed by atoms with E-state index in [4.69, 9.17) is 10.8 Å². The van der Waals surface area contributed by atoms with Gasteiger partial charge in [0.25, 0.3) is 0 Å². The molecule has 0 spiro atoms.